The summed E-state index contributed by atoms with van der Waals surface area (Å²) >= 11 is 6.13. The van der Waals surface area contributed by atoms with E-state index in [9.17, 15) is 4.79 Å². The summed E-state index contributed by atoms with van der Waals surface area (Å²) in [5.41, 5.74) is 1.47. The normalized spacial score (nSPS) is 10.6. The Bertz CT molecular complexity index is 807. The Hall–Kier alpha value is -2.53. The van der Waals surface area contributed by atoms with Gasteiger partial charge in [-0.25, -0.2) is 0 Å². The van der Waals surface area contributed by atoms with E-state index in [0.717, 1.165) is 5.56 Å². The number of carbonyl (C=O) groups is 1. The summed E-state index contributed by atoms with van der Waals surface area (Å²) in [5, 5.41) is 7.76. The minimum atomic E-state index is -0.241. The summed E-state index contributed by atoms with van der Waals surface area (Å²) in [4.78, 5) is 12.1. The molecule has 0 atom stereocenters. The largest absolute Gasteiger partial charge is 0.469 e. The van der Waals surface area contributed by atoms with Crippen molar-refractivity contribution in [2.24, 2.45) is 0 Å². The predicted molar refractivity (Wildman–Crippen MR) is 84.2 cm³/mol. The smallest absolute Gasteiger partial charge is 0.260 e. The second-order valence-electron chi connectivity index (χ2n) is 4.83. The van der Waals surface area contributed by atoms with Gasteiger partial charge in [-0.05, 0) is 24.6 Å². The number of rotatable bonds is 4. The minimum Gasteiger partial charge on any atom is -0.469 e. The van der Waals surface area contributed by atoms with Crippen LogP contribution in [0, 0.1) is 6.92 Å². The fourth-order valence-corrected chi connectivity index (χ4v) is 2.32. The van der Waals surface area contributed by atoms with Crippen LogP contribution in [0.3, 0.4) is 0 Å². The van der Waals surface area contributed by atoms with Crippen molar-refractivity contribution in [2.75, 3.05) is 5.32 Å². The number of furan rings is 1. The molecule has 0 aliphatic heterocycles. The Kier molecular flexibility index (Phi) is 3.98. The molecule has 0 bridgehead atoms. The molecule has 0 fully saturated rings. The number of amides is 1. The zero-order chi connectivity index (χ0) is 15.5. The van der Waals surface area contributed by atoms with Gasteiger partial charge in [-0.15, -0.1) is 0 Å². The van der Waals surface area contributed by atoms with Crippen molar-refractivity contribution in [1.29, 1.82) is 0 Å². The third-order valence-corrected chi connectivity index (χ3v) is 3.64. The lowest BCUT2D eigenvalue weighted by molar-refractivity contribution is 0.102. The van der Waals surface area contributed by atoms with Crippen LogP contribution in [0.1, 0.15) is 21.7 Å². The van der Waals surface area contributed by atoms with E-state index in [4.69, 9.17) is 16.0 Å². The second-order valence-corrected chi connectivity index (χ2v) is 5.24. The first kappa shape index (κ1) is 14.4. The minimum absolute atomic E-state index is 0.241. The van der Waals surface area contributed by atoms with E-state index in [1.807, 2.05) is 24.3 Å². The summed E-state index contributed by atoms with van der Waals surface area (Å²) in [6, 6.07) is 11.0. The molecule has 0 aliphatic carbocycles. The van der Waals surface area contributed by atoms with E-state index in [0.29, 0.717) is 28.7 Å². The van der Waals surface area contributed by atoms with Gasteiger partial charge in [-0.1, -0.05) is 29.8 Å². The lowest BCUT2D eigenvalue weighted by atomic mass is 10.2. The molecule has 1 amide bonds. The van der Waals surface area contributed by atoms with Crippen molar-refractivity contribution in [3.8, 4) is 0 Å². The van der Waals surface area contributed by atoms with Gasteiger partial charge < -0.3 is 9.73 Å². The fraction of sp³-hybridized carbons (Fsp3) is 0.125. The topological polar surface area (TPSA) is 60.1 Å². The molecule has 5 nitrogen and oxygen atoms in total. The van der Waals surface area contributed by atoms with Crippen molar-refractivity contribution < 1.29 is 9.21 Å². The van der Waals surface area contributed by atoms with Crippen LogP contribution in [-0.4, -0.2) is 15.7 Å². The maximum absolute atomic E-state index is 12.1. The highest BCUT2D eigenvalue weighted by Gasteiger charge is 2.13. The molecule has 0 saturated heterocycles. The van der Waals surface area contributed by atoms with Crippen LogP contribution >= 0.6 is 11.6 Å². The zero-order valence-corrected chi connectivity index (χ0v) is 12.7. The van der Waals surface area contributed by atoms with Crippen LogP contribution in [0.25, 0.3) is 0 Å². The number of hydrogen-bond donors (Lipinski definition) is 1. The first-order chi connectivity index (χ1) is 10.6. The van der Waals surface area contributed by atoms with E-state index < -0.39 is 0 Å². The maximum Gasteiger partial charge on any atom is 0.260 e. The molecule has 0 radical (unpaired) electrons. The molecule has 3 aromatic rings. The number of nitrogens with one attached hydrogen (secondary N) is 1. The number of nitrogens with zero attached hydrogens (tertiary/aromatic N) is 2. The number of aryl methyl sites for hydroxylation is 1. The van der Waals surface area contributed by atoms with Gasteiger partial charge >= 0.3 is 0 Å². The van der Waals surface area contributed by atoms with Crippen LogP contribution in [0.15, 0.2) is 53.3 Å². The molecule has 0 saturated carbocycles. The molecule has 1 N–H and O–H groups in total. The summed E-state index contributed by atoms with van der Waals surface area (Å²) < 4.78 is 6.84. The van der Waals surface area contributed by atoms with Crippen molar-refractivity contribution >= 4 is 23.3 Å². The van der Waals surface area contributed by atoms with Crippen molar-refractivity contribution in [3.63, 3.8) is 0 Å². The molecule has 3 rings (SSSR count). The first-order valence-corrected chi connectivity index (χ1v) is 7.13. The number of benzene rings is 1. The quantitative estimate of drug-likeness (QED) is 0.798. The number of aromatic nitrogens is 2. The van der Waals surface area contributed by atoms with E-state index in [-0.39, 0.29) is 5.91 Å². The third kappa shape index (κ3) is 3.04. The van der Waals surface area contributed by atoms with E-state index in [1.165, 1.54) is 6.26 Å². The van der Waals surface area contributed by atoms with E-state index in [2.05, 4.69) is 10.4 Å². The van der Waals surface area contributed by atoms with Crippen molar-refractivity contribution in [2.45, 2.75) is 13.5 Å². The highest BCUT2D eigenvalue weighted by molar-refractivity contribution is 6.31. The molecule has 2 aromatic heterocycles. The number of carbonyl (C=O) groups excluding carboxylic acids is 1. The maximum atomic E-state index is 12.1. The number of anilines is 1. The summed E-state index contributed by atoms with van der Waals surface area (Å²) in [5.74, 6) is 0.819. The first-order valence-electron chi connectivity index (χ1n) is 6.76. The Morgan fingerprint density at radius 2 is 2.14 bits per heavy atom. The highest BCUT2D eigenvalue weighted by Crippen LogP contribution is 2.17. The summed E-state index contributed by atoms with van der Waals surface area (Å²) in [7, 11) is 0. The predicted octanol–water partition coefficient (Wildman–Crippen LogP) is 3.74. The number of hydrogen-bond acceptors (Lipinski definition) is 3. The van der Waals surface area contributed by atoms with Crippen LogP contribution in [0.5, 0.6) is 0 Å². The molecule has 22 heavy (non-hydrogen) atoms. The molecular weight excluding hydrogens is 302 g/mol. The van der Waals surface area contributed by atoms with Gasteiger partial charge in [-0.3, -0.25) is 9.48 Å². The Balaban J connectivity index is 1.70. The Labute approximate surface area is 132 Å². The van der Waals surface area contributed by atoms with Gasteiger partial charge in [0.15, 0.2) is 5.82 Å². The fourth-order valence-electron chi connectivity index (χ4n) is 2.12. The zero-order valence-electron chi connectivity index (χ0n) is 11.9. The van der Waals surface area contributed by atoms with Crippen LogP contribution < -0.4 is 5.32 Å². The summed E-state index contributed by atoms with van der Waals surface area (Å²) in [6.07, 6.45) is 3.28. The van der Waals surface area contributed by atoms with Crippen LogP contribution in [0.4, 0.5) is 5.82 Å². The Morgan fingerprint density at radius 3 is 2.86 bits per heavy atom. The molecule has 6 heteroatoms. The van der Waals surface area contributed by atoms with Gasteiger partial charge in [0.2, 0.25) is 0 Å². The van der Waals surface area contributed by atoms with Crippen molar-refractivity contribution in [3.05, 3.63) is 70.8 Å². The van der Waals surface area contributed by atoms with Crippen molar-refractivity contribution in [1.82, 2.24) is 9.78 Å². The highest BCUT2D eigenvalue weighted by atomic mass is 35.5. The SMILES string of the molecule is Cc1occc1C(=O)Nc1ccn(Cc2ccccc2Cl)n1. The standard InChI is InChI=1S/C16H14ClN3O2/c1-11-13(7-9-22-11)16(21)18-15-6-8-20(19-15)10-12-4-2-3-5-14(12)17/h2-9H,10H2,1H3,(H,18,19,21). The lowest BCUT2D eigenvalue weighted by Crippen LogP contribution is -2.13. The van der Waals surface area contributed by atoms with Gasteiger partial charge in [0, 0.05) is 17.3 Å². The molecule has 0 unspecified atom stereocenters. The van der Waals surface area contributed by atoms with Gasteiger partial charge in [-0.2, -0.15) is 5.10 Å². The molecule has 0 aliphatic rings. The molecule has 1 aromatic carbocycles. The monoisotopic (exact) mass is 315 g/mol. The lowest BCUT2D eigenvalue weighted by Gasteiger charge is -2.04. The molecule has 0 spiro atoms. The van der Waals surface area contributed by atoms with Gasteiger partial charge in [0.25, 0.3) is 5.91 Å². The molecule has 2 heterocycles. The number of halogens is 1. The third-order valence-electron chi connectivity index (χ3n) is 3.28. The second kappa shape index (κ2) is 6.07. The average Bonchev–Trinajstić information content (AvgIpc) is 3.10. The molecule has 112 valence electrons. The van der Waals surface area contributed by atoms with Gasteiger partial charge in [0.1, 0.15) is 5.76 Å². The van der Waals surface area contributed by atoms with Crippen LogP contribution in [0.2, 0.25) is 5.02 Å². The van der Waals surface area contributed by atoms with Crippen LogP contribution in [-0.2, 0) is 6.54 Å². The van der Waals surface area contributed by atoms with E-state index >= 15 is 0 Å². The van der Waals surface area contributed by atoms with Gasteiger partial charge in [0.05, 0.1) is 18.4 Å². The Morgan fingerprint density at radius 1 is 1.32 bits per heavy atom. The van der Waals surface area contributed by atoms with E-state index in [1.54, 1.807) is 29.9 Å². The summed E-state index contributed by atoms with van der Waals surface area (Å²) in [6.45, 7) is 2.28. The average molecular weight is 316 g/mol. The molecular formula is C16H14ClN3O2.